The number of phosphoric ester groups is 2. The second-order valence-corrected chi connectivity index (χ2v) is 30.6. The van der Waals surface area contributed by atoms with E-state index in [2.05, 4.69) is 149 Å². The number of allylic oxidation sites excluding steroid dienone is 20. The molecule has 0 saturated carbocycles. The van der Waals surface area contributed by atoms with E-state index >= 15 is 0 Å². The molecule has 0 bridgehead atoms. The zero-order valence-corrected chi connectivity index (χ0v) is 68.6. The summed E-state index contributed by atoms with van der Waals surface area (Å²) in [5, 5.41) is 10.7. The Morgan fingerprint density at radius 2 is 0.491 bits per heavy atom. The van der Waals surface area contributed by atoms with Crippen molar-refractivity contribution in [1.82, 2.24) is 0 Å². The van der Waals surface area contributed by atoms with Gasteiger partial charge in [0.2, 0.25) is 0 Å². The van der Waals surface area contributed by atoms with Crippen molar-refractivity contribution in [3.05, 3.63) is 122 Å². The molecular weight excluding hydrogens is 1380 g/mol. The maximum atomic E-state index is 13.1. The number of aliphatic hydroxyl groups is 1. The molecule has 5 unspecified atom stereocenters. The Balaban J connectivity index is 5.39. The minimum atomic E-state index is -5.00. The van der Waals surface area contributed by atoms with E-state index in [0.29, 0.717) is 32.1 Å². The van der Waals surface area contributed by atoms with Gasteiger partial charge in [-0.3, -0.25) is 37.3 Å². The van der Waals surface area contributed by atoms with Gasteiger partial charge in [-0.15, -0.1) is 0 Å². The fourth-order valence-electron chi connectivity index (χ4n) is 11.1. The largest absolute Gasteiger partial charge is 0.472 e. The first kappa shape index (κ1) is 101. The van der Waals surface area contributed by atoms with Gasteiger partial charge in [0.15, 0.2) is 12.2 Å². The average Bonchev–Trinajstić information content (AvgIpc) is 0.902. The summed E-state index contributed by atoms with van der Waals surface area (Å²) in [5.74, 6) is -2.23. The van der Waals surface area contributed by atoms with Crippen LogP contribution in [-0.4, -0.2) is 96.7 Å². The first-order valence-electron chi connectivity index (χ1n) is 41.8. The van der Waals surface area contributed by atoms with Gasteiger partial charge in [0.05, 0.1) is 26.4 Å². The summed E-state index contributed by atoms with van der Waals surface area (Å²) in [6.45, 7) is 4.60. The lowest BCUT2D eigenvalue weighted by Gasteiger charge is -2.21. The molecular formula is C87H150O17P2. The normalized spacial score (nSPS) is 14.4. The van der Waals surface area contributed by atoms with Gasteiger partial charge in [-0.05, 0) is 135 Å². The molecule has 5 atom stereocenters. The molecule has 0 amide bonds. The van der Waals surface area contributed by atoms with E-state index in [1.54, 1.807) is 0 Å². The minimum Gasteiger partial charge on any atom is -0.462 e. The highest BCUT2D eigenvalue weighted by molar-refractivity contribution is 7.47. The molecule has 17 nitrogen and oxygen atoms in total. The van der Waals surface area contributed by atoms with Gasteiger partial charge in [0.25, 0.3) is 0 Å². The highest BCUT2D eigenvalue weighted by Gasteiger charge is 2.30. The minimum absolute atomic E-state index is 0.0381. The number of hydrogen-bond donors (Lipinski definition) is 3. The molecule has 106 heavy (non-hydrogen) atoms. The third-order valence-electron chi connectivity index (χ3n) is 17.4. The maximum Gasteiger partial charge on any atom is 0.472 e. The third-order valence-corrected chi connectivity index (χ3v) is 19.3. The van der Waals surface area contributed by atoms with Crippen LogP contribution in [0.4, 0.5) is 0 Å². The van der Waals surface area contributed by atoms with Crippen molar-refractivity contribution in [2.75, 3.05) is 39.6 Å². The van der Waals surface area contributed by atoms with Gasteiger partial charge in [-0.2, -0.15) is 0 Å². The number of aliphatic hydroxyl groups excluding tert-OH is 1. The fraction of sp³-hybridized carbons (Fsp3) is 0.724. The maximum absolute atomic E-state index is 13.1. The van der Waals surface area contributed by atoms with Crippen LogP contribution in [-0.2, 0) is 65.4 Å². The lowest BCUT2D eigenvalue weighted by Crippen LogP contribution is -2.30. The summed E-state index contributed by atoms with van der Waals surface area (Å²) < 4.78 is 68.7. The van der Waals surface area contributed by atoms with Crippen molar-refractivity contribution < 1.29 is 80.2 Å². The molecule has 0 radical (unpaired) electrons. The first-order chi connectivity index (χ1) is 51.7. The molecule has 0 spiro atoms. The van der Waals surface area contributed by atoms with Crippen LogP contribution in [0, 0.1) is 0 Å². The number of unbranched alkanes of at least 4 members (excludes halogenated alkanes) is 32. The number of rotatable bonds is 78. The topological polar surface area (TPSA) is 237 Å². The second kappa shape index (κ2) is 78.6. The van der Waals surface area contributed by atoms with Crippen LogP contribution in [0.1, 0.15) is 349 Å². The van der Waals surface area contributed by atoms with E-state index in [9.17, 15) is 43.2 Å². The summed E-state index contributed by atoms with van der Waals surface area (Å²) >= 11 is 0. The van der Waals surface area contributed by atoms with E-state index in [1.807, 2.05) is 0 Å². The molecule has 3 N–H and O–H groups in total. The van der Waals surface area contributed by atoms with Gasteiger partial charge in [-0.1, -0.05) is 310 Å². The molecule has 0 fully saturated rings. The predicted molar refractivity (Wildman–Crippen MR) is 436 cm³/mol. The van der Waals surface area contributed by atoms with E-state index in [-0.39, 0.29) is 25.7 Å². The molecule has 0 rings (SSSR count). The van der Waals surface area contributed by atoms with E-state index < -0.39 is 97.5 Å². The lowest BCUT2D eigenvalue weighted by molar-refractivity contribution is -0.161. The SMILES string of the molecule is CC/C=C\C/C=C\C/C=C\C/C=C\CCCCC(=O)OC(COC(=O)CCCCCCCC/C=C\C/C=C\C/C=C\CCCCC)COP(=O)(O)OCC(O)COP(=O)(O)OCC(COC(=O)CCCCCCCCC/C=C\C/C=C\C/C=C\CC)OC(=O)CCCCCCCCCCCCCCCCC. The smallest absolute Gasteiger partial charge is 0.462 e. The number of esters is 4. The van der Waals surface area contributed by atoms with E-state index in [1.165, 1.54) is 83.5 Å². The third kappa shape index (κ3) is 77.6. The molecule has 0 aromatic heterocycles. The molecule has 0 aromatic carbocycles. The average molecular weight is 1530 g/mol. The standard InChI is InChI=1S/C87H150O17P2/c1-5-9-13-17-21-25-29-33-37-39-40-42-46-48-52-56-60-64-68-72-85(90)98-78-83(104-87(92)74-70-66-62-58-54-50-44-36-32-28-24-20-16-12-8-4)80-102-106(95,96)100-76-81(88)75-99-105(93,94)101-79-82(103-86(91)73-69-65-61-57-53-49-43-35-31-27-23-19-15-11-7-3)77-97-84(89)71-67-63-59-55-51-47-45-41-38-34-30-26-22-18-14-10-6-2/h10,12,14,16,21-22,24-26,28,33-34,36-38,40,42,44,54,58,81-83,88H,5-9,11,13,15,17-20,23,27,29-32,35,39,41,43,45-53,55-57,59-80H2,1-4H3,(H,93,94)(H,95,96)/b14-10-,16-12-,25-21-,26-22-,28-24-,37-33-,38-34-,42-40-,44-36-,58-54-. The van der Waals surface area contributed by atoms with Crippen LogP contribution in [0.3, 0.4) is 0 Å². The summed E-state index contributed by atoms with van der Waals surface area (Å²) in [5.41, 5.74) is 0. The number of phosphoric acid groups is 2. The zero-order chi connectivity index (χ0) is 77.4. The summed E-state index contributed by atoms with van der Waals surface area (Å²) in [6, 6.07) is 0. The van der Waals surface area contributed by atoms with Crippen LogP contribution < -0.4 is 0 Å². The Bertz CT molecular complexity index is 2480. The number of hydrogen-bond acceptors (Lipinski definition) is 15. The molecule has 0 aromatic rings. The fourth-order valence-corrected chi connectivity index (χ4v) is 12.7. The summed E-state index contributed by atoms with van der Waals surface area (Å²) in [4.78, 5) is 73.2. The van der Waals surface area contributed by atoms with Crippen LogP contribution in [0.2, 0.25) is 0 Å². The van der Waals surface area contributed by atoms with Crippen molar-refractivity contribution in [3.8, 4) is 0 Å². The van der Waals surface area contributed by atoms with Crippen molar-refractivity contribution in [3.63, 3.8) is 0 Å². The lowest BCUT2D eigenvalue weighted by atomic mass is 10.0. The van der Waals surface area contributed by atoms with Crippen molar-refractivity contribution >= 4 is 39.5 Å². The summed E-state index contributed by atoms with van der Waals surface area (Å²) in [6.07, 6.45) is 87.4. The molecule has 0 aliphatic heterocycles. The Morgan fingerprint density at radius 1 is 0.274 bits per heavy atom. The highest BCUT2D eigenvalue weighted by atomic mass is 31.2. The van der Waals surface area contributed by atoms with Crippen molar-refractivity contribution in [2.45, 2.75) is 367 Å². The molecule has 0 aliphatic carbocycles. The van der Waals surface area contributed by atoms with Crippen LogP contribution in [0.25, 0.3) is 0 Å². The molecule has 0 aliphatic rings. The Kier molecular flexibility index (Phi) is 75.2. The quantitative estimate of drug-likeness (QED) is 0.0169. The molecule has 0 saturated heterocycles. The summed E-state index contributed by atoms with van der Waals surface area (Å²) in [7, 11) is -9.98. The first-order valence-corrected chi connectivity index (χ1v) is 44.8. The monoisotopic (exact) mass is 1530 g/mol. The second-order valence-electron chi connectivity index (χ2n) is 27.7. The Morgan fingerprint density at radius 3 is 0.792 bits per heavy atom. The van der Waals surface area contributed by atoms with Crippen LogP contribution in [0.5, 0.6) is 0 Å². The Labute approximate surface area is 644 Å². The molecule has 610 valence electrons. The van der Waals surface area contributed by atoms with Gasteiger partial charge in [-0.25, -0.2) is 9.13 Å². The predicted octanol–water partition coefficient (Wildman–Crippen LogP) is 24.7. The van der Waals surface area contributed by atoms with Gasteiger partial charge in [0, 0.05) is 25.7 Å². The van der Waals surface area contributed by atoms with Crippen molar-refractivity contribution in [1.29, 1.82) is 0 Å². The van der Waals surface area contributed by atoms with E-state index in [0.717, 1.165) is 180 Å². The number of ether oxygens (including phenoxy) is 4. The number of carbonyl (C=O) groups is 4. The van der Waals surface area contributed by atoms with Crippen LogP contribution >= 0.6 is 15.6 Å². The number of carbonyl (C=O) groups excluding carboxylic acids is 4. The Hall–Kier alpha value is -4.54. The van der Waals surface area contributed by atoms with Gasteiger partial charge < -0.3 is 33.8 Å². The molecule has 0 heterocycles. The molecule has 19 heteroatoms. The zero-order valence-electron chi connectivity index (χ0n) is 66.8. The van der Waals surface area contributed by atoms with Crippen LogP contribution in [0.15, 0.2) is 122 Å². The van der Waals surface area contributed by atoms with Gasteiger partial charge >= 0.3 is 39.5 Å². The van der Waals surface area contributed by atoms with Gasteiger partial charge in [0.1, 0.15) is 19.3 Å². The van der Waals surface area contributed by atoms with Crippen molar-refractivity contribution in [2.24, 2.45) is 0 Å². The van der Waals surface area contributed by atoms with E-state index in [4.69, 9.17) is 37.0 Å². The highest BCUT2D eigenvalue weighted by Crippen LogP contribution is 2.45.